The fourth-order valence-corrected chi connectivity index (χ4v) is 1.77. The van der Waals surface area contributed by atoms with E-state index in [9.17, 15) is 9.59 Å². The highest BCUT2D eigenvalue weighted by Gasteiger charge is 2.22. The first-order valence-corrected chi connectivity index (χ1v) is 6.15. The zero-order valence-electron chi connectivity index (χ0n) is 10.5. The molecular weight excluding hydrogens is 318 g/mol. The Balaban J connectivity index is 2.91. The van der Waals surface area contributed by atoms with Gasteiger partial charge in [-0.25, -0.2) is 4.79 Å². The molecule has 19 heavy (non-hydrogen) atoms. The molecule has 0 fully saturated rings. The van der Waals surface area contributed by atoms with Crippen LogP contribution in [0.2, 0.25) is 0 Å². The molecule has 104 valence electrons. The second-order valence-electron chi connectivity index (χ2n) is 3.66. The minimum atomic E-state index is -1.16. The Hall–Kier alpha value is -1.60. The monoisotopic (exact) mass is 331 g/mol. The first-order chi connectivity index (χ1) is 8.99. The number of amides is 1. The van der Waals surface area contributed by atoms with Crippen molar-refractivity contribution in [3.05, 3.63) is 28.2 Å². The Morgan fingerprint density at radius 1 is 1.42 bits per heavy atom. The molecule has 1 atom stereocenters. The molecule has 6 nitrogen and oxygen atoms in total. The van der Waals surface area contributed by atoms with E-state index in [-0.39, 0.29) is 12.2 Å². The zero-order valence-corrected chi connectivity index (χ0v) is 12.1. The van der Waals surface area contributed by atoms with Crippen LogP contribution in [-0.4, -0.2) is 43.9 Å². The highest BCUT2D eigenvalue weighted by atomic mass is 79.9. The summed E-state index contributed by atoms with van der Waals surface area (Å²) in [6.07, 6.45) is 0. The van der Waals surface area contributed by atoms with Gasteiger partial charge >= 0.3 is 5.97 Å². The van der Waals surface area contributed by atoms with E-state index in [0.717, 1.165) is 4.47 Å². The van der Waals surface area contributed by atoms with Crippen LogP contribution in [0.15, 0.2) is 22.7 Å². The van der Waals surface area contributed by atoms with Gasteiger partial charge in [-0.1, -0.05) is 15.9 Å². The van der Waals surface area contributed by atoms with Crippen molar-refractivity contribution in [3.8, 4) is 5.75 Å². The molecule has 0 heterocycles. The van der Waals surface area contributed by atoms with E-state index in [0.29, 0.717) is 5.75 Å². The van der Waals surface area contributed by atoms with Crippen molar-refractivity contribution in [1.82, 2.24) is 5.32 Å². The van der Waals surface area contributed by atoms with Crippen LogP contribution in [0, 0.1) is 0 Å². The van der Waals surface area contributed by atoms with E-state index in [2.05, 4.69) is 21.2 Å². The van der Waals surface area contributed by atoms with E-state index in [4.69, 9.17) is 14.6 Å². The summed E-state index contributed by atoms with van der Waals surface area (Å²) in [6, 6.07) is 3.74. The predicted molar refractivity (Wildman–Crippen MR) is 71.5 cm³/mol. The van der Waals surface area contributed by atoms with Crippen molar-refractivity contribution < 1.29 is 24.2 Å². The van der Waals surface area contributed by atoms with Crippen molar-refractivity contribution in [3.63, 3.8) is 0 Å². The van der Waals surface area contributed by atoms with Gasteiger partial charge in [-0.15, -0.1) is 0 Å². The summed E-state index contributed by atoms with van der Waals surface area (Å²) in [6.45, 7) is -0.111. The van der Waals surface area contributed by atoms with Crippen LogP contribution in [-0.2, 0) is 9.53 Å². The average molecular weight is 332 g/mol. The van der Waals surface area contributed by atoms with Crippen molar-refractivity contribution in [2.24, 2.45) is 0 Å². The van der Waals surface area contributed by atoms with Gasteiger partial charge in [-0.2, -0.15) is 0 Å². The summed E-state index contributed by atoms with van der Waals surface area (Å²) in [7, 11) is 2.80. The van der Waals surface area contributed by atoms with Gasteiger partial charge in [0.25, 0.3) is 5.91 Å². The van der Waals surface area contributed by atoms with E-state index in [1.807, 2.05) is 0 Å². The highest BCUT2D eigenvalue weighted by molar-refractivity contribution is 9.10. The predicted octanol–water partition coefficient (Wildman–Crippen LogP) is 1.29. The summed E-state index contributed by atoms with van der Waals surface area (Å²) < 4.78 is 10.6. The summed E-state index contributed by atoms with van der Waals surface area (Å²) in [4.78, 5) is 22.9. The van der Waals surface area contributed by atoms with Gasteiger partial charge in [0.2, 0.25) is 0 Å². The molecule has 0 saturated heterocycles. The summed E-state index contributed by atoms with van der Waals surface area (Å²) in [5, 5.41) is 11.3. The lowest BCUT2D eigenvalue weighted by Crippen LogP contribution is -2.43. The number of rotatable bonds is 6. The van der Waals surface area contributed by atoms with E-state index in [1.54, 1.807) is 18.2 Å². The summed E-state index contributed by atoms with van der Waals surface area (Å²) in [5.41, 5.74) is 0.257. The minimum absolute atomic E-state index is 0.111. The molecule has 0 aliphatic carbocycles. The molecule has 1 unspecified atom stereocenters. The molecule has 0 bridgehead atoms. The molecule has 0 aliphatic rings. The topological polar surface area (TPSA) is 84.9 Å². The molecule has 1 aromatic carbocycles. The van der Waals surface area contributed by atoms with E-state index >= 15 is 0 Å². The van der Waals surface area contributed by atoms with E-state index in [1.165, 1.54) is 14.2 Å². The van der Waals surface area contributed by atoms with E-state index < -0.39 is 17.9 Å². The van der Waals surface area contributed by atoms with Crippen LogP contribution in [0.5, 0.6) is 5.75 Å². The Morgan fingerprint density at radius 3 is 2.63 bits per heavy atom. The number of methoxy groups -OCH3 is 2. The standard InChI is InChI=1S/C12H14BrNO5/c1-18-6-9(12(16)17)14-11(15)8-4-3-7(13)5-10(8)19-2/h3-5,9H,6H2,1-2H3,(H,14,15)(H,16,17). The number of aliphatic carboxylic acids is 1. The molecule has 0 aromatic heterocycles. The number of hydrogen-bond donors (Lipinski definition) is 2. The minimum Gasteiger partial charge on any atom is -0.496 e. The first-order valence-electron chi connectivity index (χ1n) is 5.35. The Kier molecular flexibility index (Phi) is 5.78. The lowest BCUT2D eigenvalue weighted by Gasteiger charge is -2.15. The highest BCUT2D eigenvalue weighted by Crippen LogP contribution is 2.23. The maximum Gasteiger partial charge on any atom is 0.328 e. The number of carboxylic acids is 1. The largest absolute Gasteiger partial charge is 0.496 e. The molecule has 0 aliphatic heterocycles. The molecule has 0 radical (unpaired) electrons. The number of carbonyl (C=O) groups is 2. The Morgan fingerprint density at radius 2 is 2.11 bits per heavy atom. The SMILES string of the molecule is COCC(NC(=O)c1ccc(Br)cc1OC)C(=O)O. The summed E-state index contributed by atoms with van der Waals surface area (Å²) >= 11 is 3.26. The van der Waals surface area contributed by atoms with Gasteiger partial charge in [-0.05, 0) is 18.2 Å². The molecular formula is C12H14BrNO5. The van der Waals surface area contributed by atoms with Crippen molar-refractivity contribution in [2.45, 2.75) is 6.04 Å². The fourth-order valence-electron chi connectivity index (χ4n) is 1.43. The molecule has 0 saturated carbocycles. The van der Waals surface area contributed by atoms with Crippen LogP contribution in [0.4, 0.5) is 0 Å². The third kappa shape index (κ3) is 4.22. The number of hydrogen-bond acceptors (Lipinski definition) is 4. The second kappa shape index (κ2) is 7.10. The molecule has 2 N–H and O–H groups in total. The molecule has 1 rings (SSSR count). The summed E-state index contributed by atoms with van der Waals surface area (Å²) in [5.74, 6) is -1.34. The lowest BCUT2D eigenvalue weighted by molar-refractivity contribution is -0.140. The van der Waals surface area contributed by atoms with Crippen LogP contribution in [0.1, 0.15) is 10.4 Å². The first kappa shape index (κ1) is 15.5. The molecule has 0 spiro atoms. The van der Waals surface area contributed by atoms with Crippen LogP contribution in [0.3, 0.4) is 0 Å². The quantitative estimate of drug-likeness (QED) is 0.820. The Bertz CT molecular complexity index is 477. The molecule has 1 aromatic rings. The number of ether oxygens (including phenoxy) is 2. The van der Waals surface area contributed by atoms with Crippen molar-refractivity contribution in [1.29, 1.82) is 0 Å². The number of carboxylic acid groups (broad SMARTS) is 1. The second-order valence-corrected chi connectivity index (χ2v) is 4.58. The van der Waals surface area contributed by atoms with Crippen LogP contribution in [0.25, 0.3) is 0 Å². The average Bonchev–Trinajstić information content (AvgIpc) is 2.37. The number of nitrogens with one attached hydrogen (secondary N) is 1. The van der Waals surface area contributed by atoms with Gasteiger partial charge in [0.15, 0.2) is 6.04 Å². The van der Waals surface area contributed by atoms with Crippen molar-refractivity contribution in [2.75, 3.05) is 20.8 Å². The normalized spacial score (nSPS) is 11.7. The van der Waals surface area contributed by atoms with Gasteiger partial charge in [0.1, 0.15) is 5.75 Å². The third-order valence-corrected chi connectivity index (χ3v) is 2.84. The van der Waals surface area contributed by atoms with Gasteiger partial charge < -0.3 is 19.9 Å². The maximum absolute atomic E-state index is 12.0. The van der Waals surface area contributed by atoms with Crippen molar-refractivity contribution >= 4 is 27.8 Å². The maximum atomic E-state index is 12.0. The zero-order chi connectivity index (χ0) is 14.4. The number of benzene rings is 1. The van der Waals surface area contributed by atoms with Crippen LogP contribution >= 0.6 is 15.9 Å². The van der Waals surface area contributed by atoms with Gasteiger partial charge in [0.05, 0.1) is 19.3 Å². The smallest absolute Gasteiger partial charge is 0.328 e. The third-order valence-electron chi connectivity index (χ3n) is 2.34. The van der Waals surface area contributed by atoms with Crippen LogP contribution < -0.4 is 10.1 Å². The van der Waals surface area contributed by atoms with Gasteiger partial charge in [-0.3, -0.25) is 4.79 Å². The lowest BCUT2D eigenvalue weighted by atomic mass is 10.1. The molecule has 7 heteroatoms. The number of halogens is 1. The Labute approximate surface area is 118 Å². The van der Waals surface area contributed by atoms with Gasteiger partial charge in [0, 0.05) is 11.6 Å². The number of carbonyl (C=O) groups excluding carboxylic acids is 1. The molecule has 1 amide bonds. The fraction of sp³-hybridized carbons (Fsp3) is 0.333.